The van der Waals surface area contributed by atoms with E-state index in [2.05, 4.69) is 23.5 Å². The SMILES string of the molecule is O=C(CC1CCc2ccccc2C1)NC1(C(=O)O)CCCC1. The molecule has 1 aromatic rings. The van der Waals surface area contributed by atoms with E-state index in [1.807, 2.05) is 6.07 Å². The van der Waals surface area contributed by atoms with E-state index in [-0.39, 0.29) is 5.91 Å². The van der Waals surface area contributed by atoms with Crippen LogP contribution in [0.3, 0.4) is 0 Å². The molecule has 4 nitrogen and oxygen atoms in total. The van der Waals surface area contributed by atoms with Gasteiger partial charge in [0, 0.05) is 6.42 Å². The van der Waals surface area contributed by atoms with Gasteiger partial charge < -0.3 is 10.4 Å². The maximum Gasteiger partial charge on any atom is 0.329 e. The fourth-order valence-electron chi connectivity index (χ4n) is 3.90. The van der Waals surface area contributed by atoms with Crippen molar-refractivity contribution in [1.82, 2.24) is 5.32 Å². The fourth-order valence-corrected chi connectivity index (χ4v) is 3.90. The summed E-state index contributed by atoms with van der Waals surface area (Å²) >= 11 is 0. The molecule has 1 aromatic carbocycles. The first-order chi connectivity index (χ1) is 10.6. The molecule has 0 radical (unpaired) electrons. The number of benzene rings is 1. The van der Waals surface area contributed by atoms with Crippen LogP contribution in [0.15, 0.2) is 24.3 Å². The molecule has 2 aliphatic rings. The minimum Gasteiger partial charge on any atom is -0.480 e. The van der Waals surface area contributed by atoms with Gasteiger partial charge in [-0.05, 0) is 49.1 Å². The Morgan fingerprint density at radius 2 is 1.86 bits per heavy atom. The average Bonchev–Trinajstić information content (AvgIpc) is 2.97. The Kier molecular flexibility index (Phi) is 4.19. The van der Waals surface area contributed by atoms with E-state index in [1.54, 1.807) is 0 Å². The zero-order valence-electron chi connectivity index (χ0n) is 12.8. The lowest BCUT2D eigenvalue weighted by Gasteiger charge is -2.28. The second kappa shape index (κ2) is 6.11. The molecule has 2 aliphatic carbocycles. The van der Waals surface area contributed by atoms with Crippen molar-refractivity contribution >= 4 is 11.9 Å². The lowest BCUT2D eigenvalue weighted by atomic mass is 9.82. The van der Waals surface area contributed by atoms with E-state index in [0.29, 0.717) is 25.2 Å². The summed E-state index contributed by atoms with van der Waals surface area (Å²) in [7, 11) is 0. The normalized spacial score (nSPS) is 22.8. The van der Waals surface area contributed by atoms with Crippen LogP contribution in [-0.4, -0.2) is 22.5 Å². The van der Waals surface area contributed by atoms with Gasteiger partial charge in [-0.25, -0.2) is 4.79 Å². The minimum absolute atomic E-state index is 0.103. The lowest BCUT2D eigenvalue weighted by Crippen LogP contribution is -2.52. The predicted octanol–water partition coefficient (Wildman–Crippen LogP) is 2.70. The smallest absolute Gasteiger partial charge is 0.329 e. The second-order valence-electron chi connectivity index (χ2n) is 6.72. The molecular formula is C18H23NO3. The third-order valence-electron chi connectivity index (χ3n) is 5.17. The Labute approximate surface area is 130 Å². The number of carbonyl (C=O) groups excluding carboxylic acids is 1. The third kappa shape index (κ3) is 3.01. The van der Waals surface area contributed by atoms with E-state index in [1.165, 1.54) is 11.1 Å². The summed E-state index contributed by atoms with van der Waals surface area (Å²) in [5, 5.41) is 12.3. The first kappa shape index (κ1) is 15.1. The number of hydrogen-bond donors (Lipinski definition) is 2. The summed E-state index contributed by atoms with van der Waals surface area (Å²) in [4.78, 5) is 23.8. The molecule has 1 atom stereocenters. The van der Waals surface area contributed by atoms with Crippen LogP contribution in [0.4, 0.5) is 0 Å². The summed E-state index contributed by atoms with van der Waals surface area (Å²) in [6, 6.07) is 8.39. The molecule has 4 heteroatoms. The largest absolute Gasteiger partial charge is 0.480 e. The highest BCUT2D eigenvalue weighted by Gasteiger charge is 2.42. The zero-order valence-corrected chi connectivity index (χ0v) is 12.8. The van der Waals surface area contributed by atoms with E-state index in [9.17, 15) is 14.7 Å². The first-order valence-corrected chi connectivity index (χ1v) is 8.20. The van der Waals surface area contributed by atoms with Crippen LogP contribution in [0.5, 0.6) is 0 Å². The number of carboxylic acid groups (broad SMARTS) is 1. The van der Waals surface area contributed by atoms with Crippen LogP contribution in [0.2, 0.25) is 0 Å². The number of aryl methyl sites for hydroxylation is 1. The van der Waals surface area contributed by atoms with Crippen molar-refractivity contribution in [3.05, 3.63) is 35.4 Å². The quantitative estimate of drug-likeness (QED) is 0.898. The highest BCUT2D eigenvalue weighted by atomic mass is 16.4. The first-order valence-electron chi connectivity index (χ1n) is 8.20. The molecule has 0 heterocycles. The van der Waals surface area contributed by atoms with Gasteiger partial charge in [0.05, 0.1) is 0 Å². The summed E-state index contributed by atoms with van der Waals surface area (Å²) in [5.41, 5.74) is 1.71. The number of amides is 1. The molecule has 1 fully saturated rings. The van der Waals surface area contributed by atoms with Gasteiger partial charge in [0.1, 0.15) is 5.54 Å². The molecule has 1 amide bonds. The van der Waals surface area contributed by atoms with E-state index < -0.39 is 11.5 Å². The number of rotatable bonds is 4. The van der Waals surface area contributed by atoms with Crippen molar-refractivity contribution < 1.29 is 14.7 Å². The zero-order chi connectivity index (χ0) is 15.6. The van der Waals surface area contributed by atoms with Gasteiger partial charge in [0.2, 0.25) is 5.91 Å². The van der Waals surface area contributed by atoms with Gasteiger partial charge in [-0.2, -0.15) is 0 Å². The van der Waals surface area contributed by atoms with E-state index in [4.69, 9.17) is 0 Å². The molecule has 0 saturated heterocycles. The maximum absolute atomic E-state index is 12.3. The molecule has 3 rings (SSSR count). The van der Waals surface area contributed by atoms with Gasteiger partial charge in [-0.15, -0.1) is 0 Å². The van der Waals surface area contributed by atoms with Gasteiger partial charge in [0.15, 0.2) is 0 Å². The molecule has 0 spiro atoms. The van der Waals surface area contributed by atoms with Crippen molar-refractivity contribution in [3.63, 3.8) is 0 Å². The number of carboxylic acids is 1. The van der Waals surface area contributed by atoms with Crippen LogP contribution in [0.1, 0.15) is 49.7 Å². The Morgan fingerprint density at radius 3 is 2.55 bits per heavy atom. The Balaban J connectivity index is 1.60. The Bertz CT molecular complexity index is 575. The lowest BCUT2D eigenvalue weighted by molar-refractivity contribution is -0.147. The van der Waals surface area contributed by atoms with Crippen molar-refractivity contribution in [3.8, 4) is 0 Å². The predicted molar refractivity (Wildman–Crippen MR) is 83.6 cm³/mol. The molecule has 0 aromatic heterocycles. The van der Waals surface area contributed by atoms with Crippen molar-refractivity contribution in [2.75, 3.05) is 0 Å². The highest BCUT2D eigenvalue weighted by Crippen LogP contribution is 2.31. The molecule has 1 saturated carbocycles. The number of aliphatic carboxylic acids is 1. The van der Waals surface area contributed by atoms with Crippen LogP contribution >= 0.6 is 0 Å². The number of carbonyl (C=O) groups is 2. The van der Waals surface area contributed by atoms with Crippen molar-refractivity contribution in [1.29, 1.82) is 0 Å². The number of nitrogens with one attached hydrogen (secondary N) is 1. The van der Waals surface area contributed by atoms with Crippen molar-refractivity contribution in [2.24, 2.45) is 5.92 Å². The third-order valence-corrected chi connectivity index (χ3v) is 5.17. The van der Waals surface area contributed by atoms with Gasteiger partial charge >= 0.3 is 5.97 Å². The summed E-state index contributed by atoms with van der Waals surface area (Å²) in [6.45, 7) is 0. The molecule has 0 bridgehead atoms. The topological polar surface area (TPSA) is 66.4 Å². The monoisotopic (exact) mass is 301 g/mol. The summed E-state index contributed by atoms with van der Waals surface area (Å²) in [6.07, 6.45) is 6.24. The molecule has 0 aliphatic heterocycles. The summed E-state index contributed by atoms with van der Waals surface area (Å²) < 4.78 is 0. The molecule has 118 valence electrons. The second-order valence-corrected chi connectivity index (χ2v) is 6.72. The highest BCUT2D eigenvalue weighted by molar-refractivity contribution is 5.87. The fraction of sp³-hybridized carbons (Fsp3) is 0.556. The van der Waals surface area contributed by atoms with Crippen LogP contribution in [0.25, 0.3) is 0 Å². The Morgan fingerprint density at radius 1 is 1.18 bits per heavy atom. The van der Waals surface area contributed by atoms with E-state index >= 15 is 0 Å². The van der Waals surface area contributed by atoms with E-state index in [0.717, 1.165) is 32.1 Å². The van der Waals surface area contributed by atoms with Gasteiger partial charge in [-0.3, -0.25) is 4.79 Å². The molecule has 2 N–H and O–H groups in total. The van der Waals surface area contributed by atoms with Gasteiger partial charge in [0.25, 0.3) is 0 Å². The average molecular weight is 301 g/mol. The van der Waals surface area contributed by atoms with Crippen LogP contribution < -0.4 is 5.32 Å². The summed E-state index contributed by atoms with van der Waals surface area (Å²) in [5.74, 6) is -0.664. The number of fused-ring (bicyclic) bond motifs is 1. The van der Waals surface area contributed by atoms with Gasteiger partial charge in [-0.1, -0.05) is 37.1 Å². The molecule has 1 unspecified atom stereocenters. The van der Waals surface area contributed by atoms with Crippen LogP contribution in [0, 0.1) is 5.92 Å². The Hall–Kier alpha value is -1.84. The van der Waals surface area contributed by atoms with Crippen LogP contribution in [-0.2, 0) is 22.4 Å². The standard InChI is InChI=1S/C18H23NO3/c20-16(19-18(17(21)22)9-3-4-10-18)12-13-7-8-14-5-1-2-6-15(14)11-13/h1-2,5-6,13H,3-4,7-12H2,(H,19,20)(H,21,22). The molecule has 22 heavy (non-hydrogen) atoms. The molecular weight excluding hydrogens is 278 g/mol. The van der Waals surface area contributed by atoms with Crippen molar-refractivity contribution in [2.45, 2.75) is 56.9 Å². The maximum atomic E-state index is 12.3. The minimum atomic E-state index is -1.01. The number of hydrogen-bond acceptors (Lipinski definition) is 2.